The number of nitro benzene ring substituents is 1. The van der Waals surface area contributed by atoms with Crippen LogP contribution in [-0.4, -0.2) is 17.9 Å². The van der Waals surface area contributed by atoms with Crippen LogP contribution in [0.5, 0.6) is 0 Å². The molecule has 1 aromatic rings. The van der Waals surface area contributed by atoms with Crippen molar-refractivity contribution in [3.8, 4) is 0 Å². The van der Waals surface area contributed by atoms with E-state index in [4.69, 9.17) is 0 Å². The summed E-state index contributed by atoms with van der Waals surface area (Å²) in [5.74, 6) is -0.154. The second-order valence-electron chi connectivity index (χ2n) is 3.31. The van der Waals surface area contributed by atoms with Crippen molar-refractivity contribution in [2.75, 3.05) is 11.9 Å². The molecule has 0 heterocycles. The fourth-order valence-electron chi connectivity index (χ4n) is 1.24. The van der Waals surface area contributed by atoms with E-state index in [1.54, 1.807) is 20.0 Å². The van der Waals surface area contributed by atoms with E-state index in [0.29, 0.717) is 5.69 Å². The van der Waals surface area contributed by atoms with Crippen molar-refractivity contribution in [1.29, 1.82) is 0 Å². The third-order valence-electron chi connectivity index (χ3n) is 2.24. The van der Waals surface area contributed by atoms with E-state index >= 15 is 0 Å². The molecule has 1 amide bonds. The van der Waals surface area contributed by atoms with Gasteiger partial charge in [-0.1, -0.05) is 6.07 Å². The lowest BCUT2D eigenvalue weighted by atomic mass is 10.1. The van der Waals surface area contributed by atoms with E-state index in [1.165, 1.54) is 24.0 Å². The van der Waals surface area contributed by atoms with Gasteiger partial charge in [-0.3, -0.25) is 14.9 Å². The summed E-state index contributed by atoms with van der Waals surface area (Å²) in [6, 6.07) is 4.45. The maximum Gasteiger partial charge on any atom is 0.271 e. The van der Waals surface area contributed by atoms with Crippen LogP contribution in [0.25, 0.3) is 0 Å². The van der Waals surface area contributed by atoms with Gasteiger partial charge in [-0.2, -0.15) is 0 Å². The fraction of sp³-hybridized carbons (Fsp3) is 0.300. The molecular weight excluding hydrogens is 196 g/mol. The van der Waals surface area contributed by atoms with Crippen LogP contribution in [0.3, 0.4) is 0 Å². The Morgan fingerprint density at radius 3 is 2.53 bits per heavy atom. The van der Waals surface area contributed by atoms with Gasteiger partial charge in [-0.15, -0.1) is 0 Å². The van der Waals surface area contributed by atoms with Crippen molar-refractivity contribution in [3.63, 3.8) is 0 Å². The van der Waals surface area contributed by atoms with Gasteiger partial charge in [0.05, 0.1) is 10.6 Å². The van der Waals surface area contributed by atoms with Crippen LogP contribution < -0.4 is 4.90 Å². The number of carbonyl (C=O) groups is 1. The molecule has 0 aliphatic rings. The number of carbonyl (C=O) groups excluding carboxylic acids is 1. The molecule has 5 heteroatoms. The van der Waals surface area contributed by atoms with Crippen molar-refractivity contribution in [3.05, 3.63) is 33.9 Å². The maximum absolute atomic E-state index is 11.1. The Bertz CT molecular complexity index is 415. The second kappa shape index (κ2) is 4.08. The first-order valence-corrected chi connectivity index (χ1v) is 4.43. The quantitative estimate of drug-likeness (QED) is 0.550. The lowest BCUT2D eigenvalue weighted by molar-refractivity contribution is -0.384. The number of nitro groups is 1. The predicted molar refractivity (Wildman–Crippen MR) is 56.9 cm³/mol. The summed E-state index contributed by atoms with van der Waals surface area (Å²) in [5.41, 5.74) is 1.39. The minimum absolute atomic E-state index is 0.0105. The molecule has 0 aliphatic heterocycles. The number of amides is 1. The SMILES string of the molecule is CC(=O)N(C)c1cc([N+](=O)[O-])ccc1C. The average Bonchev–Trinajstić information content (AvgIpc) is 2.16. The topological polar surface area (TPSA) is 63.5 Å². The Balaban J connectivity index is 3.22. The first-order valence-electron chi connectivity index (χ1n) is 4.43. The largest absolute Gasteiger partial charge is 0.315 e. The van der Waals surface area contributed by atoms with E-state index in [2.05, 4.69) is 0 Å². The molecule has 0 aliphatic carbocycles. The predicted octanol–water partition coefficient (Wildman–Crippen LogP) is 1.89. The molecule has 0 saturated carbocycles. The standard InChI is InChI=1S/C10H12N2O3/c1-7-4-5-9(12(14)15)6-10(7)11(3)8(2)13/h4-6H,1-3H3. The highest BCUT2D eigenvalue weighted by molar-refractivity contribution is 5.92. The van der Waals surface area contributed by atoms with Gasteiger partial charge >= 0.3 is 0 Å². The summed E-state index contributed by atoms with van der Waals surface area (Å²) in [6.45, 7) is 3.22. The molecular formula is C10H12N2O3. The summed E-state index contributed by atoms with van der Waals surface area (Å²) >= 11 is 0. The normalized spacial score (nSPS) is 9.80. The molecule has 1 aromatic carbocycles. The lowest BCUT2D eigenvalue weighted by Crippen LogP contribution is -2.23. The Kier molecular flexibility index (Phi) is 3.04. The van der Waals surface area contributed by atoms with Gasteiger partial charge in [-0.25, -0.2) is 0 Å². The van der Waals surface area contributed by atoms with Crippen molar-refractivity contribution in [2.24, 2.45) is 0 Å². The first kappa shape index (κ1) is 11.2. The number of nitrogens with zero attached hydrogens (tertiary/aromatic N) is 2. The van der Waals surface area contributed by atoms with Crippen LogP contribution >= 0.6 is 0 Å². The van der Waals surface area contributed by atoms with Crippen molar-refractivity contribution in [1.82, 2.24) is 0 Å². The summed E-state index contributed by atoms with van der Waals surface area (Å²) in [7, 11) is 1.59. The highest BCUT2D eigenvalue weighted by Gasteiger charge is 2.13. The molecule has 5 nitrogen and oxygen atoms in total. The van der Waals surface area contributed by atoms with Crippen LogP contribution in [0.2, 0.25) is 0 Å². The number of non-ortho nitro benzene ring substituents is 1. The van der Waals surface area contributed by atoms with Gasteiger partial charge in [-0.05, 0) is 12.5 Å². The lowest BCUT2D eigenvalue weighted by Gasteiger charge is -2.16. The molecule has 80 valence electrons. The van der Waals surface area contributed by atoms with Crippen LogP contribution in [-0.2, 0) is 4.79 Å². The number of aryl methyl sites for hydroxylation is 1. The van der Waals surface area contributed by atoms with E-state index in [1.807, 2.05) is 0 Å². The molecule has 0 aromatic heterocycles. The second-order valence-corrected chi connectivity index (χ2v) is 3.31. The Hall–Kier alpha value is -1.91. The van der Waals surface area contributed by atoms with Crippen LogP contribution in [0.4, 0.5) is 11.4 Å². The van der Waals surface area contributed by atoms with Gasteiger partial charge in [0.2, 0.25) is 5.91 Å². The molecule has 0 fully saturated rings. The minimum atomic E-state index is -0.475. The Labute approximate surface area is 87.5 Å². The molecule has 15 heavy (non-hydrogen) atoms. The molecule has 0 radical (unpaired) electrons. The van der Waals surface area contributed by atoms with Gasteiger partial charge < -0.3 is 4.90 Å². The van der Waals surface area contributed by atoms with Crippen LogP contribution in [0, 0.1) is 17.0 Å². The molecule has 0 saturated heterocycles. The van der Waals surface area contributed by atoms with E-state index < -0.39 is 4.92 Å². The monoisotopic (exact) mass is 208 g/mol. The Morgan fingerprint density at radius 2 is 2.07 bits per heavy atom. The fourth-order valence-corrected chi connectivity index (χ4v) is 1.24. The molecule has 1 rings (SSSR count). The zero-order valence-electron chi connectivity index (χ0n) is 8.85. The zero-order chi connectivity index (χ0) is 11.6. The molecule has 0 bridgehead atoms. The summed E-state index contributed by atoms with van der Waals surface area (Å²) in [4.78, 5) is 22.6. The highest BCUT2D eigenvalue weighted by Crippen LogP contribution is 2.24. The van der Waals surface area contributed by atoms with E-state index in [9.17, 15) is 14.9 Å². The number of hydrogen-bond acceptors (Lipinski definition) is 3. The third kappa shape index (κ3) is 2.31. The van der Waals surface area contributed by atoms with E-state index in [-0.39, 0.29) is 11.6 Å². The van der Waals surface area contributed by atoms with Crippen molar-refractivity contribution in [2.45, 2.75) is 13.8 Å². The summed E-state index contributed by atoms with van der Waals surface area (Å²) < 4.78 is 0. The summed E-state index contributed by atoms with van der Waals surface area (Å²) in [6.07, 6.45) is 0. The number of rotatable bonds is 2. The van der Waals surface area contributed by atoms with Gasteiger partial charge in [0.1, 0.15) is 0 Å². The number of hydrogen-bond donors (Lipinski definition) is 0. The minimum Gasteiger partial charge on any atom is -0.315 e. The van der Waals surface area contributed by atoms with E-state index in [0.717, 1.165) is 5.56 Å². The van der Waals surface area contributed by atoms with Gasteiger partial charge in [0.25, 0.3) is 5.69 Å². The molecule has 0 unspecified atom stereocenters. The van der Waals surface area contributed by atoms with Gasteiger partial charge in [0, 0.05) is 26.1 Å². The highest BCUT2D eigenvalue weighted by atomic mass is 16.6. The van der Waals surface area contributed by atoms with Crippen LogP contribution in [0.15, 0.2) is 18.2 Å². The first-order chi connectivity index (χ1) is 6.93. The average molecular weight is 208 g/mol. The Morgan fingerprint density at radius 1 is 1.47 bits per heavy atom. The summed E-state index contributed by atoms with van der Waals surface area (Å²) in [5, 5.41) is 10.6. The molecule has 0 N–H and O–H groups in total. The van der Waals surface area contributed by atoms with Crippen molar-refractivity contribution >= 4 is 17.3 Å². The molecule has 0 spiro atoms. The smallest absolute Gasteiger partial charge is 0.271 e. The number of anilines is 1. The third-order valence-corrected chi connectivity index (χ3v) is 2.24. The van der Waals surface area contributed by atoms with Crippen LogP contribution in [0.1, 0.15) is 12.5 Å². The number of benzene rings is 1. The zero-order valence-corrected chi connectivity index (χ0v) is 8.85. The van der Waals surface area contributed by atoms with Crippen molar-refractivity contribution < 1.29 is 9.72 Å². The van der Waals surface area contributed by atoms with Gasteiger partial charge in [0.15, 0.2) is 0 Å². The molecule has 0 atom stereocenters. The maximum atomic E-state index is 11.1.